The Hall–Kier alpha value is -2.96. The van der Waals surface area contributed by atoms with Crippen LogP contribution in [0.5, 0.6) is 11.5 Å². The van der Waals surface area contributed by atoms with Gasteiger partial charge in [0.1, 0.15) is 18.5 Å². The van der Waals surface area contributed by atoms with Gasteiger partial charge in [0.25, 0.3) is 0 Å². The van der Waals surface area contributed by atoms with Gasteiger partial charge in [0.15, 0.2) is 11.5 Å². The zero-order valence-electron chi connectivity index (χ0n) is 23.1. The lowest BCUT2D eigenvalue weighted by Crippen LogP contribution is -2.55. The van der Waals surface area contributed by atoms with Crippen molar-refractivity contribution in [1.82, 2.24) is 10.2 Å². The first-order valence-electron chi connectivity index (χ1n) is 13.9. The number of nitrogens with one attached hydrogen (secondary N) is 1. The molecular formula is C31H37IN2O7. The van der Waals surface area contributed by atoms with Gasteiger partial charge in [-0.2, -0.15) is 0 Å². The molecule has 10 heteroatoms. The fourth-order valence-electron chi connectivity index (χ4n) is 5.59. The molecule has 0 aliphatic heterocycles. The number of nitrogens with zero attached hydrogens (tertiary/aromatic N) is 1. The number of halogens is 1. The molecule has 0 heterocycles. The van der Waals surface area contributed by atoms with Crippen LogP contribution in [0.25, 0.3) is 0 Å². The van der Waals surface area contributed by atoms with E-state index in [9.17, 15) is 24.6 Å². The smallest absolute Gasteiger partial charge is 0.247 e. The van der Waals surface area contributed by atoms with Crippen LogP contribution < -0.4 is 14.8 Å². The fraction of sp³-hybridized carbons (Fsp3) is 0.452. The highest BCUT2D eigenvalue weighted by molar-refractivity contribution is 14.1. The number of aliphatic hydroxyl groups is 2. The second-order valence-corrected chi connectivity index (χ2v) is 11.7. The third-order valence-corrected chi connectivity index (χ3v) is 8.51. The molecule has 2 aliphatic rings. The second-order valence-electron chi connectivity index (χ2n) is 10.5. The van der Waals surface area contributed by atoms with Gasteiger partial charge in [-0.3, -0.25) is 14.4 Å². The highest BCUT2D eigenvalue weighted by Crippen LogP contribution is 2.37. The van der Waals surface area contributed by atoms with Crippen molar-refractivity contribution in [1.29, 1.82) is 0 Å². The maximum absolute atomic E-state index is 13.9. The van der Waals surface area contributed by atoms with E-state index in [1.165, 1.54) is 7.11 Å². The minimum atomic E-state index is -1.16. The van der Waals surface area contributed by atoms with Gasteiger partial charge >= 0.3 is 0 Å². The van der Waals surface area contributed by atoms with Crippen LogP contribution in [-0.4, -0.2) is 71.7 Å². The number of hydrogen-bond acceptors (Lipinski definition) is 7. The van der Waals surface area contributed by atoms with E-state index in [-0.39, 0.29) is 32.0 Å². The van der Waals surface area contributed by atoms with Crippen molar-refractivity contribution >= 4 is 40.7 Å². The molecule has 0 radical (unpaired) electrons. The minimum Gasteiger partial charge on any atom is -0.493 e. The summed E-state index contributed by atoms with van der Waals surface area (Å²) in [5.74, 6) is 0.472. The van der Waals surface area contributed by atoms with Crippen molar-refractivity contribution in [2.75, 3.05) is 20.3 Å². The normalized spacial score (nSPS) is 20.7. The number of amides is 2. The molecule has 9 nitrogen and oxygen atoms in total. The van der Waals surface area contributed by atoms with Crippen LogP contribution in [0.1, 0.15) is 54.4 Å². The molecule has 4 rings (SSSR count). The standard InChI is InChI=1S/C31H37IN2O7/c1-40-27-14-22(19-36)13-24(32)30(27)41-26-17-23(31(39)33-11-12-35)16-25(29(26)38)34(18-21-9-3-2-4-10-21)28(37)15-20-7-5-6-8-20/h2-4,9-10,13-14,17,19-20,25-26,29,35,38H,5-8,11-12,15-16,18H2,1H3,(H,33,39). The number of hydrogen-bond donors (Lipinski definition) is 3. The first-order valence-corrected chi connectivity index (χ1v) is 15.0. The van der Waals surface area contributed by atoms with Crippen LogP contribution >= 0.6 is 22.6 Å². The number of rotatable bonds is 12. The van der Waals surface area contributed by atoms with Gasteiger partial charge < -0.3 is 29.9 Å². The molecule has 3 unspecified atom stereocenters. The number of aldehydes is 1. The molecule has 2 amide bonds. The summed E-state index contributed by atoms with van der Waals surface area (Å²) in [6.07, 6.45) is 4.87. The third-order valence-electron chi connectivity index (χ3n) is 7.71. The number of benzene rings is 2. The van der Waals surface area contributed by atoms with Gasteiger partial charge in [0, 0.05) is 37.1 Å². The number of ether oxygens (including phenoxy) is 2. The number of aliphatic hydroxyl groups excluding tert-OH is 2. The summed E-state index contributed by atoms with van der Waals surface area (Å²) >= 11 is 2.03. The minimum absolute atomic E-state index is 0.0666. The van der Waals surface area contributed by atoms with Gasteiger partial charge in [0.05, 0.1) is 23.3 Å². The van der Waals surface area contributed by atoms with Crippen molar-refractivity contribution < 1.29 is 34.1 Å². The van der Waals surface area contributed by atoms with Gasteiger partial charge in [-0.1, -0.05) is 43.2 Å². The summed E-state index contributed by atoms with van der Waals surface area (Å²) in [5, 5.41) is 23.7. The Bertz CT molecular complexity index is 1250. The lowest BCUT2D eigenvalue weighted by atomic mass is 9.87. The predicted octanol–water partition coefficient (Wildman–Crippen LogP) is 3.64. The van der Waals surface area contributed by atoms with E-state index in [2.05, 4.69) is 5.32 Å². The van der Waals surface area contributed by atoms with E-state index < -0.39 is 24.2 Å². The molecule has 1 saturated carbocycles. The average Bonchev–Trinajstić information content (AvgIpc) is 3.50. The van der Waals surface area contributed by atoms with Gasteiger partial charge in [0.2, 0.25) is 11.8 Å². The molecule has 3 atom stereocenters. The van der Waals surface area contributed by atoms with Crippen LogP contribution in [0, 0.1) is 9.49 Å². The van der Waals surface area contributed by atoms with E-state index in [4.69, 9.17) is 9.47 Å². The third kappa shape index (κ3) is 7.87. The molecule has 1 fully saturated rings. The largest absolute Gasteiger partial charge is 0.493 e. The van der Waals surface area contributed by atoms with Crippen molar-refractivity contribution in [2.24, 2.45) is 5.92 Å². The van der Waals surface area contributed by atoms with Crippen LogP contribution in [0.4, 0.5) is 0 Å². The molecule has 220 valence electrons. The average molecular weight is 677 g/mol. The van der Waals surface area contributed by atoms with Crippen LogP contribution in [0.2, 0.25) is 0 Å². The number of carbonyl (C=O) groups is 3. The molecule has 0 bridgehead atoms. The van der Waals surface area contributed by atoms with E-state index in [0.717, 1.165) is 31.2 Å². The predicted molar refractivity (Wildman–Crippen MR) is 162 cm³/mol. The van der Waals surface area contributed by atoms with E-state index >= 15 is 0 Å². The summed E-state index contributed by atoms with van der Waals surface area (Å²) in [7, 11) is 1.46. The summed E-state index contributed by atoms with van der Waals surface area (Å²) in [5.41, 5.74) is 1.68. The highest BCUT2D eigenvalue weighted by atomic mass is 127. The quantitative estimate of drug-likeness (QED) is 0.232. The van der Waals surface area contributed by atoms with E-state index in [1.54, 1.807) is 23.1 Å². The zero-order chi connectivity index (χ0) is 29.4. The Morgan fingerprint density at radius 3 is 2.56 bits per heavy atom. The van der Waals surface area contributed by atoms with Gasteiger partial charge in [-0.15, -0.1) is 0 Å². The monoisotopic (exact) mass is 676 g/mol. The second kappa shape index (κ2) is 14.8. The number of carbonyl (C=O) groups excluding carboxylic acids is 3. The summed E-state index contributed by atoms with van der Waals surface area (Å²) in [6, 6.07) is 12.0. The molecule has 41 heavy (non-hydrogen) atoms. The summed E-state index contributed by atoms with van der Waals surface area (Å²) < 4.78 is 12.4. The molecule has 0 spiro atoms. The lowest BCUT2D eigenvalue weighted by Gasteiger charge is -2.41. The van der Waals surface area contributed by atoms with Crippen molar-refractivity contribution in [3.8, 4) is 11.5 Å². The molecule has 3 N–H and O–H groups in total. The Labute approximate surface area is 254 Å². The summed E-state index contributed by atoms with van der Waals surface area (Å²) in [4.78, 5) is 40.1. The molecular weight excluding hydrogens is 639 g/mol. The van der Waals surface area contributed by atoms with Gasteiger partial charge in [-0.25, -0.2) is 0 Å². The molecule has 2 aromatic rings. The SMILES string of the molecule is COc1cc(C=O)cc(I)c1OC1C=C(C(=O)NCCO)CC(N(Cc2ccccc2)C(=O)CC2CCCC2)C1O. The molecule has 0 aromatic heterocycles. The Morgan fingerprint density at radius 1 is 1.17 bits per heavy atom. The lowest BCUT2D eigenvalue weighted by molar-refractivity contribution is -0.140. The highest BCUT2D eigenvalue weighted by Gasteiger charge is 2.41. The maximum Gasteiger partial charge on any atom is 0.247 e. The Balaban J connectivity index is 1.70. The van der Waals surface area contributed by atoms with Crippen molar-refractivity contribution in [2.45, 2.75) is 63.3 Å². The van der Waals surface area contributed by atoms with Crippen molar-refractivity contribution in [3.05, 3.63) is 68.8 Å². The first-order chi connectivity index (χ1) is 19.8. The fourth-order valence-corrected chi connectivity index (χ4v) is 6.34. The Morgan fingerprint density at radius 2 is 1.90 bits per heavy atom. The molecule has 2 aromatic carbocycles. The molecule has 2 aliphatic carbocycles. The number of methoxy groups -OCH3 is 1. The maximum atomic E-state index is 13.9. The van der Waals surface area contributed by atoms with Crippen LogP contribution in [0.15, 0.2) is 54.1 Å². The van der Waals surface area contributed by atoms with Crippen LogP contribution in [-0.2, 0) is 16.1 Å². The summed E-state index contributed by atoms with van der Waals surface area (Å²) in [6.45, 7) is 0.132. The van der Waals surface area contributed by atoms with E-state index in [0.29, 0.717) is 44.8 Å². The van der Waals surface area contributed by atoms with Crippen LogP contribution in [0.3, 0.4) is 0 Å². The topological polar surface area (TPSA) is 125 Å². The Kier molecular flexibility index (Phi) is 11.2. The zero-order valence-corrected chi connectivity index (χ0v) is 25.3. The van der Waals surface area contributed by atoms with Crippen molar-refractivity contribution in [3.63, 3.8) is 0 Å². The molecule has 0 saturated heterocycles. The van der Waals surface area contributed by atoms with E-state index in [1.807, 2.05) is 52.9 Å². The first kappa shape index (κ1) is 31.0. The van der Waals surface area contributed by atoms with Gasteiger partial charge in [-0.05, 0) is 65.1 Å².